The average Bonchev–Trinajstić information content (AvgIpc) is 3.48. The van der Waals surface area contributed by atoms with Crippen LogP contribution in [0.1, 0.15) is 40.8 Å². The first-order valence-electron chi connectivity index (χ1n) is 15.1. The second kappa shape index (κ2) is 14.4. The van der Waals surface area contributed by atoms with Crippen LogP contribution in [0.5, 0.6) is 0 Å². The summed E-state index contributed by atoms with van der Waals surface area (Å²) in [6.45, 7) is 3.67. The van der Waals surface area contributed by atoms with E-state index in [4.69, 9.17) is 4.74 Å². The van der Waals surface area contributed by atoms with Crippen LogP contribution < -0.4 is 15.2 Å². The molecule has 0 radical (unpaired) electrons. The van der Waals surface area contributed by atoms with Crippen LogP contribution in [-0.2, 0) is 32.4 Å². The maximum Gasteiger partial charge on any atom is 0.416 e. The van der Waals surface area contributed by atoms with Crippen molar-refractivity contribution in [2.24, 2.45) is 0 Å². The van der Waals surface area contributed by atoms with E-state index in [1.165, 1.54) is 40.8 Å². The van der Waals surface area contributed by atoms with Crippen LogP contribution in [0.4, 0.5) is 24.8 Å². The molecule has 0 spiro atoms. The second-order valence-electron chi connectivity index (χ2n) is 11.3. The fraction of sp³-hybridized carbons (Fsp3) is 0.171. The molecule has 0 bridgehead atoms. The number of benzene rings is 3. The molecule has 0 amide bonds. The summed E-state index contributed by atoms with van der Waals surface area (Å²) in [7, 11) is -3.09. The van der Waals surface area contributed by atoms with Crippen molar-refractivity contribution in [3.8, 4) is 6.07 Å². The normalized spacial score (nSPS) is 14.2. The van der Waals surface area contributed by atoms with Gasteiger partial charge in [0.25, 0.3) is 0 Å². The molecule has 5 aromatic rings. The molecule has 1 atom stereocenters. The number of methoxy groups -OCH3 is 1. The number of nitrogens with zero attached hydrogens (tertiary/aromatic N) is 5. The molecule has 12 nitrogen and oxygen atoms in total. The highest BCUT2D eigenvalue weighted by Crippen LogP contribution is 2.43. The zero-order chi connectivity index (χ0) is 37.1. The first-order chi connectivity index (χ1) is 24.1. The third kappa shape index (κ3) is 7.74. The molecule has 1 N–H and O–H groups in total. The first kappa shape index (κ1) is 36.2. The van der Waals surface area contributed by atoms with Crippen LogP contribution in [0.3, 0.4) is 0 Å². The van der Waals surface area contributed by atoms with Gasteiger partial charge in [-0.2, -0.15) is 18.4 Å². The average molecular weight is 719 g/mol. The van der Waals surface area contributed by atoms with Crippen LogP contribution in [0.15, 0.2) is 118 Å². The van der Waals surface area contributed by atoms with Crippen molar-refractivity contribution in [3.05, 3.63) is 147 Å². The molecule has 0 saturated heterocycles. The number of hydrogen-bond acceptors (Lipinski definition) is 9. The Morgan fingerprint density at radius 1 is 1.04 bits per heavy atom. The first-order valence-corrected chi connectivity index (χ1v) is 16.5. The quantitative estimate of drug-likeness (QED) is 0.146. The number of nitriles is 1. The van der Waals surface area contributed by atoms with Gasteiger partial charge in [-0.15, -0.1) is 5.10 Å². The molecule has 2 aromatic heterocycles. The Morgan fingerprint density at radius 2 is 1.73 bits per heavy atom. The molecule has 1 aliphatic heterocycles. The minimum absolute atomic E-state index is 0.0119. The third-order valence-electron chi connectivity index (χ3n) is 7.99. The van der Waals surface area contributed by atoms with E-state index in [1.807, 2.05) is 42.1 Å². The fourth-order valence-corrected chi connectivity index (χ4v) is 6.07. The molecule has 51 heavy (non-hydrogen) atoms. The number of H-pyrrole nitrogens is 1. The van der Waals surface area contributed by atoms with E-state index >= 15 is 0 Å². The number of aryl methyl sites for hydroxylation is 1. The highest BCUT2D eigenvalue weighted by Gasteiger charge is 2.41. The van der Waals surface area contributed by atoms with Gasteiger partial charge in [-0.05, 0) is 61.9 Å². The lowest BCUT2D eigenvalue weighted by molar-refractivity contribution is -0.688. The number of carbonyl (C=O) groups is 1. The smallest absolute Gasteiger partial charge is 0.416 e. The van der Waals surface area contributed by atoms with Crippen molar-refractivity contribution in [1.82, 2.24) is 14.8 Å². The minimum atomic E-state index is -4.62. The van der Waals surface area contributed by atoms with Gasteiger partial charge in [0, 0.05) is 29.1 Å². The number of hydrogen-bond donors (Lipinski definition) is 1. The fourth-order valence-electron chi connectivity index (χ4n) is 5.60. The third-order valence-corrected chi connectivity index (χ3v) is 8.84. The number of aromatic amines is 1. The summed E-state index contributed by atoms with van der Waals surface area (Å²) in [5, 5.41) is 16.1. The number of esters is 1. The second-order valence-corrected chi connectivity index (χ2v) is 12.7. The zero-order valence-electron chi connectivity index (χ0n) is 27.2. The molecule has 6 rings (SSSR count). The summed E-state index contributed by atoms with van der Waals surface area (Å²) in [5.74, 6) is -0.789. The minimum Gasteiger partial charge on any atom is -0.744 e. The maximum absolute atomic E-state index is 13.6. The van der Waals surface area contributed by atoms with Crippen molar-refractivity contribution in [3.63, 3.8) is 0 Å². The molecular formula is C35H29F3N6O6S. The predicted molar refractivity (Wildman–Crippen MR) is 175 cm³/mol. The number of carbonyl (C=O) groups excluding carboxylic acids is 1. The van der Waals surface area contributed by atoms with Gasteiger partial charge in [0.1, 0.15) is 16.2 Å². The van der Waals surface area contributed by atoms with Gasteiger partial charge in [-0.1, -0.05) is 35.9 Å². The van der Waals surface area contributed by atoms with E-state index in [0.717, 1.165) is 17.7 Å². The molecule has 3 heterocycles. The summed E-state index contributed by atoms with van der Waals surface area (Å²) in [6.07, 6.45) is -0.956. The van der Waals surface area contributed by atoms with Crippen LogP contribution in [0.2, 0.25) is 0 Å². The van der Waals surface area contributed by atoms with Gasteiger partial charge in [0.15, 0.2) is 18.9 Å². The highest BCUT2D eigenvalue weighted by atomic mass is 32.2. The molecule has 0 saturated carbocycles. The Hall–Kier alpha value is -6.05. The van der Waals surface area contributed by atoms with Crippen LogP contribution in [0, 0.1) is 18.3 Å². The number of ether oxygens (including phenoxy) is 1. The standard InChI is InChI=1S/C28H21F3N6O3.C7H8O3S/c1-17-23(25(38)40-2)24(22-10-9-18(15-32)13-19(22)16-35-11-4-3-5-12-35)37-26(33-34-27(37)39)36(17)21-8-6-7-20(14-21)28(29,30)31;1-6-2-4-7(5-3-6)11(8,9)10/h3-14,24H,16H2,1-2H3;2-5H,1H3,(H,8,9,10)/t24-;/m1./s1. The number of halogens is 3. The zero-order valence-corrected chi connectivity index (χ0v) is 28.1. The van der Waals surface area contributed by atoms with Gasteiger partial charge in [-0.25, -0.2) is 32.2 Å². The van der Waals surface area contributed by atoms with E-state index in [2.05, 4.69) is 16.3 Å². The Balaban J connectivity index is 0.000000392. The van der Waals surface area contributed by atoms with Gasteiger partial charge < -0.3 is 9.29 Å². The van der Waals surface area contributed by atoms with Crippen molar-refractivity contribution < 1.29 is 40.2 Å². The van der Waals surface area contributed by atoms with Gasteiger partial charge >= 0.3 is 17.8 Å². The number of alkyl halides is 3. The lowest BCUT2D eigenvalue weighted by Crippen LogP contribution is -2.39. The van der Waals surface area contributed by atoms with Crippen molar-refractivity contribution in [2.45, 2.75) is 37.5 Å². The molecule has 1 aliphatic rings. The Kier molecular flexibility index (Phi) is 10.3. The topological polar surface area (TPSA) is 165 Å². The number of pyridine rings is 1. The lowest BCUT2D eigenvalue weighted by Gasteiger charge is -2.36. The molecule has 262 valence electrons. The summed E-state index contributed by atoms with van der Waals surface area (Å²) in [4.78, 5) is 27.7. The van der Waals surface area contributed by atoms with E-state index in [1.54, 1.807) is 37.3 Å². The van der Waals surface area contributed by atoms with E-state index in [9.17, 15) is 41.0 Å². The van der Waals surface area contributed by atoms with Crippen LogP contribution in [0.25, 0.3) is 0 Å². The number of anilines is 2. The van der Waals surface area contributed by atoms with Crippen LogP contribution in [-0.4, -0.2) is 40.8 Å². The number of aromatic nitrogens is 4. The van der Waals surface area contributed by atoms with Crippen molar-refractivity contribution in [2.75, 3.05) is 12.0 Å². The van der Waals surface area contributed by atoms with E-state index in [-0.39, 0.29) is 27.8 Å². The predicted octanol–water partition coefficient (Wildman–Crippen LogP) is 4.88. The molecule has 16 heteroatoms. The number of rotatable bonds is 6. The summed E-state index contributed by atoms with van der Waals surface area (Å²) in [6, 6.07) is 21.8. The molecule has 0 unspecified atom stereocenters. The van der Waals surface area contributed by atoms with Gasteiger partial charge in [0.05, 0.1) is 34.8 Å². The van der Waals surface area contributed by atoms with Crippen molar-refractivity contribution >= 4 is 27.7 Å². The molecule has 0 aliphatic carbocycles. The monoisotopic (exact) mass is 718 g/mol. The van der Waals surface area contributed by atoms with E-state index in [0.29, 0.717) is 23.2 Å². The largest absolute Gasteiger partial charge is 0.744 e. The molecule has 0 fully saturated rings. The SMILES string of the molecule is COC(=O)C1=C(C)N(c2cccc(C(F)(F)F)c2)c2n[nH]c(=O)n2[C@@H]1c1ccc(C#N)cc1C[n+]1ccccc1.Cc1ccc(S(=O)(=O)[O-])cc1. The highest BCUT2D eigenvalue weighted by molar-refractivity contribution is 7.85. The summed E-state index contributed by atoms with van der Waals surface area (Å²) >= 11 is 0. The number of allylic oxidation sites excluding steroid dienone is 1. The molecular weight excluding hydrogens is 689 g/mol. The Bertz CT molecular complexity index is 2330. The van der Waals surface area contributed by atoms with Gasteiger partial charge in [0.2, 0.25) is 5.95 Å². The Morgan fingerprint density at radius 3 is 2.33 bits per heavy atom. The maximum atomic E-state index is 13.6. The molecule has 3 aromatic carbocycles. The summed E-state index contributed by atoms with van der Waals surface area (Å²) < 4.78 is 80.0. The summed E-state index contributed by atoms with van der Waals surface area (Å²) in [5.41, 5.74) is 1.17. The number of nitrogens with one attached hydrogen (secondary N) is 1. The van der Waals surface area contributed by atoms with Crippen molar-refractivity contribution in [1.29, 1.82) is 5.26 Å². The van der Waals surface area contributed by atoms with Crippen LogP contribution >= 0.6 is 0 Å². The number of fused-ring (bicyclic) bond motifs is 1. The van der Waals surface area contributed by atoms with E-state index < -0.39 is 39.6 Å². The Labute approximate surface area is 290 Å². The lowest BCUT2D eigenvalue weighted by atomic mass is 9.90. The van der Waals surface area contributed by atoms with Gasteiger partial charge in [-0.3, -0.25) is 4.90 Å².